The highest BCUT2D eigenvalue weighted by Gasteiger charge is 2.24. The van der Waals surface area contributed by atoms with E-state index in [1.54, 1.807) is 44.8 Å². The van der Waals surface area contributed by atoms with Crippen LogP contribution in [0.1, 0.15) is 51.0 Å². The van der Waals surface area contributed by atoms with E-state index < -0.39 is 11.6 Å². The van der Waals surface area contributed by atoms with Crippen LogP contribution in [0.5, 0.6) is 0 Å². The molecule has 0 saturated carbocycles. The fourth-order valence-electron chi connectivity index (χ4n) is 3.17. The molecule has 0 aliphatic carbocycles. The van der Waals surface area contributed by atoms with E-state index in [2.05, 4.69) is 5.10 Å². The van der Waals surface area contributed by atoms with Gasteiger partial charge in [-0.05, 0) is 40.7 Å². The van der Waals surface area contributed by atoms with Gasteiger partial charge in [0.2, 0.25) is 0 Å². The van der Waals surface area contributed by atoms with Crippen molar-refractivity contribution in [1.82, 2.24) is 19.7 Å². The molecule has 3 rings (SSSR count). The van der Waals surface area contributed by atoms with Crippen LogP contribution < -0.4 is 0 Å². The number of pyridine rings is 1. The van der Waals surface area contributed by atoms with Crippen LogP contribution in [-0.4, -0.2) is 50.7 Å². The van der Waals surface area contributed by atoms with E-state index in [0.29, 0.717) is 22.3 Å². The van der Waals surface area contributed by atoms with E-state index in [1.165, 1.54) is 4.90 Å². The number of benzene rings is 1. The van der Waals surface area contributed by atoms with Gasteiger partial charge in [0.1, 0.15) is 12.1 Å². The third-order valence-corrected chi connectivity index (χ3v) is 4.49. The van der Waals surface area contributed by atoms with Crippen LogP contribution in [0.4, 0.5) is 0 Å². The molecular weight excluding hydrogens is 380 g/mol. The Morgan fingerprint density at radius 1 is 1.17 bits per heavy atom. The topological polar surface area (TPSA) is 77.3 Å². The molecule has 0 aliphatic rings. The predicted octanol–water partition coefficient (Wildman–Crippen LogP) is 4.09. The summed E-state index contributed by atoms with van der Waals surface area (Å²) in [5, 5.41) is 5.09. The third kappa shape index (κ3) is 4.67. The Bertz CT molecular complexity index is 1070. The van der Waals surface area contributed by atoms with Crippen molar-refractivity contribution in [3.05, 3.63) is 48.2 Å². The van der Waals surface area contributed by atoms with Gasteiger partial charge in [0.05, 0.1) is 22.8 Å². The van der Waals surface area contributed by atoms with Gasteiger partial charge >= 0.3 is 5.97 Å². The highest BCUT2D eigenvalue weighted by molar-refractivity contribution is 6.07. The van der Waals surface area contributed by atoms with Gasteiger partial charge in [-0.25, -0.2) is 9.67 Å². The fraction of sp³-hybridized carbons (Fsp3) is 0.391. The summed E-state index contributed by atoms with van der Waals surface area (Å²) in [7, 11) is 1.59. The van der Waals surface area contributed by atoms with E-state index in [4.69, 9.17) is 9.72 Å². The first-order valence-electron chi connectivity index (χ1n) is 9.98. The minimum atomic E-state index is -0.607. The number of amides is 1. The maximum absolute atomic E-state index is 13.3. The van der Waals surface area contributed by atoms with Gasteiger partial charge in [0.25, 0.3) is 5.91 Å². The van der Waals surface area contributed by atoms with Crippen LogP contribution in [0.25, 0.3) is 22.3 Å². The number of fused-ring (bicyclic) bond motifs is 1. The highest BCUT2D eigenvalue weighted by atomic mass is 16.6. The summed E-state index contributed by atoms with van der Waals surface area (Å²) < 4.78 is 7.15. The number of rotatable bonds is 5. The molecule has 0 aliphatic heterocycles. The molecule has 0 radical (unpaired) electrons. The van der Waals surface area contributed by atoms with Crippen molar-refractivity contribution in [2.75, 3.05) is 13.6 Å². The maximum atomic E-state index is 13.3. The van der Waals surface area contributed by atoms with Crippen molar-refractivity contribution in [2.45, 2.75) is 46.3 Å². The lowest BCUT2D eigenvalue weighted by Crippen LogP contribution is -2.36. The number of esters is 1. The van der Waals surface area contributed by atoms with Crippen molar-refractivity contribution in [3.63, 3.8) is 0 Å². The molecular formula is C23H28N4O3. The van der Waals surface area contributed by atoms with Crippen molar-refractivity contribution in [1.29, 1.82) is 0 Å². The second-order valence-corrected chi connectivity index (χ2v) is 8.59. The maximum Gasteiger partial charge on any atom is 0.326 e. The van der Waals surface area contributed by atoms with Gasteiger partial charge in [-0.3, -0.25) is 9.59 Å². The second-order valence-electron chi connectivity index (χ2n) is 8.59. The minimum absolute atomic E-state index is 0.0865. The van der Waals surface area contributed by atoms with Crippen LogP contribution in [0.3, 0.4) is 0 Å². The summed E-state index contributed by atoms with van der Waals surface area (Å²) in [6, 6.07) is 11.5. The SMILES string of the molecule is CC(C)n1ncc2c(C(=O)N(C)CC(=O)OC(C)(C)C)cc(-c3ccccc3)nc21. The van der Waals surface area contributed by atoms with Crippen LogP contribution in [0.15, 0.2) is 42.6 Å². The first kappa shape index (κ1) is 21.5. The van der Waals surface area contributed by atoms with Gasteiger partial charge in [-0.2, -0.15) is 5.10 Å². The summed E-state index contributed by atoms with van der Waals surface area (Å²) in [4.78, 5) is 31.6. The number of hydrogen-bond donors (Lipinski definition) is 0. The summed E-state index contributed by atoms with van der Waals surface area (Å²) >= 11 is 0. The van der Waals surface area contributed by atoms with E-state index in [1.807, 2.05) is 44.2 Å². The molecule has 0 bridgehead atoms. The Balaban J connectivity index is 2.03. The van der Waals surface area contributed by atoms with Gasteiger partial charge in [0.15, 0.2) is 5.65 Å². The summed E-state index contributed by atoms with van der Waals surface area (Å²) in [6.07, 6.45) is 1.66. The molecule has 2 heterocycles. The molecule has 0 unspecified atom stereocenters. The number of carbonyl (C=O) groups is 2. The quantitative estimate of drug-likeness (QED) is 0.594. The normalized spacial score (nSPS) is 11.7. The first-order chi connectivity index (χ1) is 14.1. The van der Waals surface area contributed by atoms with Crippen LogP contribution >= 0.6 is 0 Å². The largest absolute Gasteiger partial charge is 0.459 e. The molecule has 3 aromatic rings. The lowest BCUT2D eigenvalue weighted by Gasteiger charge is -2.23. The monoisotopic (exact) mass is 408 g/mol. The van der Waals surface area contributed by atoms with E-state index in [-0.39, 0.29) is 18.5 Å². The molecule has 2 aromatic heterocycles. The number of carbonyl (C=O) groups excluding carboxylic acids is 2. The Morgan fingerprint density at radius 2 is 1.83 bits per heavy atom. The zero-order chi connectivity index (χ0) is 22.1. The molecule has 0 N–H and O–H groups in total. The van der Waals surface area contributed by atoms with Gasteiger partial charge in [-0.1, -0.05) is 30.3 Å². The lowest BCUT2D eigenvalue weighted by atomic mass is 10.1. The third-order valence-electron chi connectivity index (χ3n) is 4.49. The summed E-state index contributed by atoms with van der Waals surface area (Å²) in [5.41, 5.74) is 2.07. The smallest absolute Gasteiger partial charge is 0.326 e. The summed E-state index contributed by atoms with van der Waals surface area (Å²) in [5.74, 6) is -0.737. The number of hydrogen-bond acceptors (Lipinski definition) is 5. The van der Waals surface area contributed by atoms with Gasteiger partial charge in [-0.15, -0.1) is 0 Å². The standard InChI is InChI=1S/C23H28N4O3/c1-15(2)27-21-18(13-24-27)17(12-19(25-21)16-10-8-7-9-11-16)22(29)26(6)14-20(28)30-23(3,4)5/h7-13,15H,14H2,1-6H3. The molecule has 0 atom stereocenters. The predicted molar refractivity (Wildman–Crippen MR) is 116 cm³/mol. The zero-order valence-electron chi connectivity index (χ0n) is 18.3. The Kier molecular flexibility index (Phi) is 5.92. The van der Waals surface area contributed by atoms with Gasteiger partial charge in [0, 0.05) is 18.7 Å². The molecule has 0 saturated heterocycles. The highest BCUT2D eigenvalue weighted by Crippen LogP contribution is 2.27. The van der Waals surface area contributed by atoms with E-state index in [9.17, 15) is 9.59 Å². The van der Waals surface area contributed by atoms with E-state index in [0.717, 1.165) is 5.56 Å². The first-order valence-corrected chi connectivity index (χ1v) is 9.98. The zero-order valence-corrected chi connectivity index (χ0v) is 18.3. The molecule has 7 heteroatoms. The number of ether oxygens (including phenoxy) is 1. The minimum Gasteiger partial charge on any atom is -0.459 e. The molecule has 7 nitrogen and oxygen atoms in total. The average molecular weight is 409 g/mol. The Morgan fingerprint density at radius 3 is 2.43 bits per heavy atom. The van der Waals surface area contributed by atoms with Crippen LogP contribution in [0.2, 0.25) is 0 Å². The van der Waals surface area contributed by atoms with Crippen LogP contribution in [-0.2, 0) is 9.53 Å². The number of nitrogens with zero attached hydrogens (tertiary/aromatic N) is 4. The molecule has 1 amide bonds. The van der Waals surface area contributed by atoms with Crippen molar-refractivity contribution in [2.24, 2.45) is 0 Å². The second kappa shape index (κ2) is 8.26. The van der Waals surface area contributed by atoms with E-state index >= 15 is 0 Å². The Labute approximate surface area is 176 Å². The molecule has 0 spiro atoms. The molecule has 158 valence electrons. The molecule has 30 heavy (non-hydrogen) atoms. The fourth-order valence-corrected chi connectivity index (χ4v) is 3.17. The average Bonchev–Trinajstić information content (AvgIpc) is 3.10. The molecule has 0 fully saturated rings. The molecule has 1 aromatic carbocycles. The summed E-state index contributed by atoms with van der Waals surface area (Å²) in [6.45, 7) is 9.28. The lowest BCUT2D eigenvalue weighted by molar-refractivity contribution is -0.155. The number of likely N-dealkylation sites (N-methyl/N-ethyl adjacent to an activating group) is 1. The van der Waals surface area contributed by atoms with Crippen LogP contribution in [0, 0.1) is 0 Å². The number of aromatic nitrogens is 3. The van der Waals surface area contributed by atoms with Crippen molar-refractivity contribution in [3.8, 4) is 11.3 Å². The Hall–Kier alpha value is -3.22. The van der Waals surface area contributed by atoms with Gasteiger partial charge < -0.3 is 9.64 Å². The van der Waals surface area contributed by atoms with Crippen molar-refractivity contribution < 1.29 is 14.3 Å². The van der Waals surface area contributed by atoms with Crippen molar-refractivity contribution >= 4 is 22.9 Å².